The van der Waals surface area contributed by atoms with E-state index < -0.39 is 27.4 Å². The molecule has 3 amide bonds. The Balaban J connectivity index is 1.42. The third kappa shape index (κ3) is 3.94. The van der Waals surface area contributed by atoms with Crippen molar-refractivity contribution in [3.8, 4) is 6.07 Å². The average molecular weight is 601 g/mol. The van der Waals surface area contributed by atoms with Crippen molar-refractivity contribution in [3.05, 3.63) is 137 Å². The van der Waals surface area contributed by atoms with Gasteiger partial charge in [-0.2, -0.15) is 5.26 Å². The smallest absolute Gasteiger partial charge is 0.290 e. The molecule has 0 unspecified atom stereocenters. The van der Waals surface area contributed by atoms with Crippen molar-refractivity contribution in [3.63, 3.8) is 0 Å². The minimum atomic E-state index is -1.60. The van der Waals surface area contributed by atoms with Gasteiger partial charge in [0.05, 0.1) is 36.3 Å². The molecule has 0 bridgehead atoms. The van der Waals surface area contributed by atoms with Crippen molar-refractivity contribution in [1.82, 2.24) is 10.2 Å². The van der Waals surface area contributed by atoms with Crippen LogP contribution in [0.3, 0.4) is 0 Å². The number of benzene rings is 4. The van der Waals surface area contributed by atoms with Crippen LogP contribution in [0.15, 0.2) is 109 Å². The van der Waals surface area contributed by atoms with Crippen LogP contribution in [0.5, 0.6) is 0 Å². The number of rotatable bonds is 5. The number of carbonyl (C=O) groups is 3. The summed E-state index contributed by atoms with van der Waals surface area (Å²) in [4.78, 5) is 46.2. The zero-order valence-corrected chi connectivity index (χ0v) is 24.4. The molecule has 0 saturated carbocycles. The number of anilines is 1. The Kier molecular flexibility index (Phi) is 6.42. The van der Waals surface area contributed by atoms with Gasteiger partial charge in [-0.25, -0.2) is 0 Å². The maximum atomic E-state index is 14.9. The first kappa shape index (κ1) is 27.1. The van der Waals surface area contributed by atoms with Gasteiger partial charge in [0, 0.05) is 5.56 Å². The van der Waals surface area contributed by atoms with Crippen molar-refractivity contribution in [2.24, 2.45) is 0 Å². The van der Waals surface area contributed by atoms with Gasteiger partial charge in [-0.1, -0.05) is 103 Å². The first-order chi connectivity index (χ1) is 20.9. The van der Waals surface area contributed by atoms with Gasteiger partial charge in [-0.05, 0) is 46.7 Å². The first-order valence-corrected chi connectivity index (χ1v) is 15.0. The van der Waals surface area contributed by atoms with Crippen molar-refractivity contribution >= 4 is 51.7 Å². The molecule has 0 radical (unpaired) electrons. The number of imide groups is 1. The van der Waals surface area contributed by atoms with Gasteiger partial charge < -0.3 is 10.2 Å². The van der Waals surface area contributed by atoms with E-state index in [0.717, 1.165) is 22.9 Å². The summed E-state index contributed by atoms with van der Waals surface area (Å²) in [6.07, 6.45) is 0. The summed E-state index contributed by atoms with van der Waals surface area (Å²) in [5.74, 6) is -1.66. The number of fused-ring (bicyclic) bond motifs is 2. The Morgan fingerprint density at radius 3 is 2.09 bits per heavy atom. The lowest BCUT2D eigenvalue weighted by atomic mass is 9.71. The maximum Gasteiger partial charge on any atom is 0.290 e. The second kappa shape index (κ2) is 10.2. The fourth-order valence-corrected chi connectivity index (χ4v) is 8.40. The topological polar surface area (TPSA) is 93.5 Å². The van der Waals surface area contributed by atoms with Gasteiger partial charge in [-0.15, -0.1) is 0 Å². The van der Waals surface area contributed by atoms with E-state index in [-0.39, 0.29) is 17.4 Å². The molecule has 4 aromatic carbocycles. The number of thioether (sulfide) groups is 1. The quantitative estimate of drug-likeness (QED) is 0.296. The predicted molar refractivity (Wildman–Crippen MR) is 168 cm³/mol. The van der Waals surface area contributed by atoms with E-state index in [9.17, 15) is 19.6 Å². The normalized spacial score (nSPS) is 24.1. The number of amides is 3. The monoisotopic (exact) mass is 600 g/mol. The Labute approximate surface area is 258 Å². The summed E-state index contributed by atoms with van der Waals surface area (Å²) in [6.45, 7) is 0.392. The van der Waals surface area contributed by atoms with E-state index in [2.05, 4.69) is 11.4 Å². The molecular weight excluding hydrogens is 577 g/mol. The van der Waals surface area contributed by atoms with Crippen LogP contribution in [0.2, 0.25) is 0 Å². The van der Waals surface area contributed by atoms with Crippen LogP contribution in [0.4, 0.5) is 10.5 Å². The molecule has 3 atom stereocenters. The molecule has 7 rings (SSSR count). The highest BCUT2D eigenvalue weighted by Gasteiger charge is 2.75. The number of hydrogen-bond donors (Lipinski definition) is 1. The third-order valence-electron chi connectivity index (χ3n) is 8.44. The van der Waals surface area contributed by atoms with E-state index in [0.29, 0.717) is 28.9 Å². The Hall–Kier alpha value is -4.78. The van der Waals surface area contributed by atoms with Gasteiger partial charge in [0.2, 0.25) is 0 Å². The number of para-hydroxylation sites is 1. The second-order valence-corrected chi connectivity index (χ2v) is 12.4. The molecule has 3 heterocycles. The zero-order valence-electron chi connectivity index (χ0n) is 22.8. The number of nitrogens with zero attached hydrogens (tertiary/aromatic N) is 3. The van der Waals surface area contributed by atoms with E-state index >= 15 is 0 Å². The molecule has 210 valence electrons. The standard InChI is InChI=1S/C34H24N4O3S2/c35-19-24-14-9-15-25(18-24)28-33(26-16-7-8-17-27(26)37(30(33)39)20-22-10-3-1-4-11-22)36-29(42)34(28)31(40)38(32(41)43-34)21-23-12-5-2-6-13-23/h1-18,28H,20-21H2,(H,36,42)/t28-,33+,34-/m1/s1. The van der Waals surface area contributed by atoms with Gasteiger partial charge in [0.1, 0.15) is 4.99 Å². The highest BCUT2D eigenvalue weighted by Crippen LogP contribution is 2.62. The molecule has 2 saturated heterocycles. The molecule has 0 aliphatic carbocycles. The van der Waals surface area contributed by atoms with Crippen LogP contribution in [-0.2, 0) is 28.2 Å². The van der Waals surface area contributed by atoms with E-state index in [1.54, 1.807) is 29.2 Å². The summed E-state index contributed by atoms with van der Waals surface area (Å²) >= 11 is 6.83. The third-order valence-corrected chi connectivity index (χ3v) is 10.3. The van der Waals surface area contributed by atoms with E-state index in [4.69, 9.17) is 12.2 Å². The summed E-state index contributed by atoms with van der Waals surface area (Å²) in [5, 5.41) is 12.7. The van der Waals surface area contributed by atoms with Crippen molar-refractivity contribution in [1.29, 1.82) is 5.26 Å². The molecule has 43 heavy (non-hydrogen) atoms. The lowest BCUT2D eigenvalue weighted by Crippen LogP contribution is -2.52. The van der Waals surface area contributed by atoms with Crippen molar-refractivity contribution < 1.29 is 14.4 Å². The predicted octanol–water partition coefficient (Wildman–Crippen LogP) is 5.65. The summed E-state index contributed by atoms with van der Waals surface area (Å²) in [7, 11) is 0. The lowest BCUT2D eigenvalue weighted by Gasteiger charge is -2.35. The van der Waals surface area contributed by atoms with Crippen LogP contribution in [0, 0.1) is 11.3 Å². The van der Waals surface area contributed by atoms with Gasteiger partial charge in [0.25, 0.3) is 17.1 Å². The molecule has 9 heteroatoms. The highest BCUT2D eigenvalue weighted by atomic mass is 32.2. The van der Waals surface area contributed by atoms with Crippen LogP contribution in [-0.4, -0.2) is 31.7 Å². The van der Waals surface area contributed by atoms with Gasteiger partial charge in [0.15, 0.2) is 10.3 Å². The van der Waals surface area contributed by atoms with Crippen LogP contribution in [0.25, 0.3) is 0 Å². The SMILES string of the molecule is N#Cc1cccc([C@H]2[C@@]3(SC(=O)N(Cc4ccccc4)C3=O)C(=S)N[C@]23C(=O)N(Cc2ccccc2)c2ccccc23)c1. The number of nitrogens with one attached hydrogen (secondary N) is 1. The van der Waals surface area contributed by atoms with E-state index in [1.165, 1.54) is 4.90 Å². The molecule has 0 aromatic heterocycles. The number of carbonyl (C=O) groups excluding carboxylic acids is 3. The molecular formula is C34H24N4O3S2. The minimum Gasteiger partial charge on any atom is -0.360 e. The number of hydrogen-bond acceptors (Lipinski definition) is 6. The van der Waals surface area contributed by atoms with Crippen molar-refractivity contribution in [2.45, 2.75) is 29.3 Å². The summed E-state index contributed by atoms with van der Waals surface area (Å²) < 4.78 is -1.60. The largest absolute Gasteiger partial charge is 0.360 e. The minimum absolute atomic E-state index is 0.0818. The summed E-state index contributed by atoms with van der Waals surface area (Å²) in [5.41, 5.74) is 2.58. The Morgan fingerprint density at radius 1 is 0.791 bits per heavy atom. The second-order valence-electron chi connectivity index (χ2n) is 10.8. The molecule has 4 aromatic rings. The Bertz CT molecular complexity index is 1860. The molecule has 1 N–H and O–H groups in total. The van der Waals surface area contributed by atoms with Crippen LogP contribution in [0.1, 0.15) is 33.7 Å². The van der Waals surface area contributed by atoms with Crippen LogP contribution >= 0.6 is 24.0 Å². The Morgan fingerprint density at radius 2 is 1.42 bits per heavy atom. The highest BCUT2D eigenvalue weighted by molar-refractivity contribution is 8.17. The number of thiocarbonyl (C=S) groups is 1. The molecule has 3 aliphatic heterocycles. The zero-order chi connectivity index (χ0) is 29.8. The van der Waals surface area contributed by atoms with Crippen LogP contribution < -0.4 is 10.2 Å². The van der Waals surface area contributed by atoms with Gasteiger partial charge >= 0.3 is 0 Å². The first-order valence-electron chi connectivity index (χ1n) is 13.8. The molecule has 3 aliphatic rings. The average Bonchev–Trinajstić information content (AvgIpc) is 3.54. The summed E-state index contributed by atoms with van der Waals surface area (Å²) in [6, 6.07) is 35.5. The molecule has 2 fully saturated rings. The molecule has 7 nitrogen and oxygen atoms in total. The molecule has 2 spiro atoms. The van der Waals surface area contributed by atoms with Gasteiger partial charge in [-0.3, -0.25) is 19.3 Å². The van der Waals surface area contributed by atoms with E-state index in [1.807, 2.05) is 84.9 Å². The fraction of sp³-hybridized carbons (Fsp3) is 0.147. The lowest BCUT2D eigenvalue weighted by molar-refractivity contribution is -0.129. The fourth-order valence-electron chi connectivity index (χ4n) is 6.60. The maximum absolute atomic E-state index is 14.9. The number of nitriles is 1. The van der Waals surface area contributed by atoms with Crippen molar-refractivity contribution in [2.75, 3.05) is 4.90 Å².